The number of thioether (sulfide) groups is 1. The second-order valence-electron chi connectivity index (χ2n) is 3.78. The van der Waals surface area contributed by atoms with E-state index in [4.69, 9.17) is 5.26 Å². The van der Waals surface area contributed by atoms with Crippen molar-refractivity contribution in [1.82, 2.24) is 0 Å². The largest absolute Gasteiger partial charge is 0.207 e. The first kappa shape index (κ1) is 13.5. The van der Waals surface area contributed by atoms with E-state index in [2.05, 4.69) is 0 Å². The highest BCUT2D eigenvalue weighted by atomic mass is 32.2. The number of halogens is 3. The first-order chi connectivity index (χ1) is 9.10. The lowest BCUT2D eigenvalue weighted by molar-refractivity contribution is 0.506. The third-order valence-electron chi connectivity index (χ3n) is 2.47. The number of nitrogens with zero attached hydrogens (tertiary/aromatic N) is 1. The van der Waals surface area contributed by atoms with Gasteiger partial charge in [-0.05, 0) is 35.9 Å². The Hall–Kier alpha value is -1.93. The number of benzene rings is 2. The van der Waals surface area contributed by atoms with Crippen LogP contribution in [-0.4, -0.2) is 0 Å². The first-order valence-corrected chi connectivity index (χ1v) is 6.35. The molecule has 0 radical (unpaired) electrons. The smallest absolute Gasteiger partial charge is 0.159 e. The highest BCUT2D eigenvalue weighted by Gasteiger charge is 2.06. The van der Waals surface area contributed by atoms with E-state index in [9.17, 15) is 13.2 Å². The molecule has 0 unspecified atom stereocenters. The molecule has 0 aliphatic rings. The summed E-state index contributed by atoms with van der Waals surface area (Å²) < 4.78 is 39.3. The summed E-state index contributed by atoms with van der Waals surface area (Å²) in [6.45, 7) is 0. The summed E-state index contributed by atoms with van der Waals surface area (Å²) in [4.78, 5) is 0.516. The molecule has 0 fully saturated rings. The summed E-state index contributed by atoms with van der Waals surface area (Å²) in [5, 5.41) is 8.62. The van der Waals surface area contributed by atoms with Crippen LogP contribution in [0.5, 0.6) is 0 Å². The summed E-state index contributed by atoms with van der Waals surface area (Å²) in [5.41, 5.74) is 0.660. The summed E-state index contributed by atoms with van der Waals surface area (Å²) in [5.74, 6) is -2.03. The van der Waals surface area contributed by atoms with Crippen LogP contribution in [0, 0.1) is 28.8 Å². The molecule has 96 valence electrons. The molecule has 0 spiro atoms. The van der Waals surface area contributed by atoms with E-state index in [1.165, 1.54) is 30.0 Å². The Morgan fingerprint density at radius 3 is 2.37 bits per heavy atom. The van der Waals surface area contributed by atoms with Crippen molar-refractivity contribution in [2.75, 3.05) is 0 Å². The van der Waals surface area contributed by atoms with Crippen molar-refractivity contribution >= 4 is 11.8 Å². The normalized spacial score (nSPS) is 10.2. The molecule has 0 amide bonds. The molecule has 0 N–H and O–H groups in total. The zero-order valence-electron chi connectivity index (χ0n) is 9.66. The summed E-state index contributed by atoms with van der Waals surface area (Å²) in [6.07, 6.45) is 0. The van der Waals surface area contributed by atoms with Gasteiger partial charge in [-0.1, -0.05) is 6.07 Å². The van der Waals surface area contributed by atoms with Crippen LogP contribution < -0.4 is 0 Å². The van der Waals surface area contributed by atoms with Gasteiger partial charge < -0.3 is 0 Å². The summed E-state index contributed by atoms with van der Waals surface area (Å²) in [6, 6.07) is 9.57. The Morgan fingerprint density at radius 2 is 1.74 bits per heavy atom. The van der Waals surface area contributed by atoms with Crippen molar-refractivity contribution < 1.29 is 13.2 Å². The molecule has 0 aromatic heterocycles. The predicted molar refractivity (Wildman–Crippen MR) is 67.0 cm³/mol. The zero-order valence-corrected chi connectivity index (χ0v) is 10.5. The maximum atomic E-state index is 13.6. The van der Waals surface area contributed by atoms with Gasteiger partial charge in [0.05, 0.1) is 11.6 Å². The van der Waals surface area contributed by atoms with Crippen molar-refractivity contribution in [1.29, 1.82) is 5.26 Å². The third-order valence-corrected chi connectivity index (χ3v) is 3.51. The number of rotatable bonds is 3. The second-order valence-corrected chi connectivity index (χ2v) is 4.83. The van der Waals surface area contributed by atoms with Gasteiger partial charge in [0.2, 0.25) is 0 Å². The maximum Gasteiger partial charge on any atom is 0.159 e. The molecule has 5 heteroatoms. The molecule has 0 aliphatic heterocycles. The van der Waals surface area contributed by atoms with E-state index in [0.29, 0.717) is 10.5 Å². The molecule has 0 saturated heterocycles. The molecule has 0 heterocycles. The second kappa shape index (κ2) is 5.81. The number of nitriles is 1. The van der Waals surface area contributed by atoms with Crippen molar-refractivity contribution in [3.63, 3.8) is 0 Å². The number of hydrogen-bond acceptors (Lipinski definition) is 2. The maximum absolute atomic E-state index is 13.6. The fourth-order valence-corrected chi connectivity index (χ4v) is 2.37. The van der Waals surface area contributed by atoms with Gasteiger partial charge >= 0.3 is 0 Å². The van der Waals surface area contributed by atoms with Crippen LogP contribution in [0.1, 0.15) is 11.1 Å². The zero-order chi connectivity index (χ0) is 13.8. The van der Waals surface area contributed by atoms with Crippen LogP contribution >= 0.6 is 11.8 Å². The van der Waals surface area contributed by atoms with E-state index in [1.54, 1.807) is 0 Å². The monoisotopic (exact) mass is 279 g/mol. The van der Waals surface area contributed by atoms with Crippen LogP contribution in [0.25, 0.3) is 0 Å². The van der Waals surface area contributed by atoms with Gasteiger partial charge in [0.1, 0.15) is 5.82 Å². The van der Waals surface area contributed by atoms with Crippen molar-refractivity contribution in [2.24, 2.45) is 0 Å². The average Bonchev–Trinajstić information content (AvgIpc) is 2.41. The van der Waals surface area contributed by atoms with Gasteiger partial charge in [0, 0.05) is 10.6 Å². The third kappa shape index (κ3) is 3.30. The average molecular weight is 279 g/mol. The number of hydrogen-bond donors (Lipinski definition) is 0. The van der Waals surface area contributed by atoms with E-state index in [0.717, 1.165) is 18.2 Å². The molecule has 0 atom stereocenters. The highest BCUT2D eigenvalue weighted by molar-refractivity contribution is 7.98. The lowest BCUT2D eigenvalue weighted by atomic mass is 10.1. The molecule has 19 heavy (non-hydrogen) atoms. The van der Waals surface area contributed by atoms with Crippen LogP contribution in [0.4, 0.5) is 13.2 Å². The van der Waals surface area contributed by atoms with E-state index >= 15 is 0 Å². The van der Waals surface area contributed by atoms with Gasteiger partial charge in [-0.15, -0.1) is 11.8 Å². The molecule has 1 nitrogen and oxygen atoms in total. The van der Waals surface area contributed by atoms with E-state index in [1.807, 2.05) is 6.07 Å². The van der Waals surface area contributed by atoms with E-state index < -0.39 is 17.5 Å². The van der Waals surface area contributed by atoms with Crippen LogP contribution in [-0.2, 0) is 5.75 Å². The first-order valence-electron chi connectivity index (χ1n) is 5.36. The molecular formula is C14H8F3NS. The summed E-state index contributed by atoms with van der Waals surface area (Å²) >= 11 is 1.19. The molecular weight excluding hydrogens is 271 g/mol. The Kier molecular flexibility index (Phi) is 4.13. The Labute approximate surface area is 112 Å². The topological polar surface area (TPSA) is 23.8 Å². The molecule has 0 bridgehead atoms. The highest BCUT2D eigenvalue weighted by Crippen LogP contribution is 2.25. The molecule has 2 rings (SSSR count). The van der Waals surface area contributed by atoms with Gasteiger partial charge in [-0.2, -0.15) is 5.26 Å². The standard InChI is InChI=1S/C14H8F3NS/c15-12-4-3-11(6-14(12)17)19-8-10-2-1-9(7-18)5-13(10)16/h1-6H,8H2. The van der Waals surface area contributed by atoms with Gasteiger partial charge in [-0.25, -0.2) is 13.2 Å². The molecule has 0 saturated carbocycles. The van der Waals surface area contributed by atoms with Gasteiger partial charge in [-0.3, -0.25) is 0 Å². The Morgan fingerprint density at radius 1 is 0.947 bits per heavy atom. The van der Waals surface area contributed by atoms with E-state index in [-0.39, 0.29) is 11.3 Å². The van der Waals surface area contributed by atoms with Gasteiger partial charge in [0.15, 0.2) is 11.6 Å². The van der Waals surface area contributed by atoms with Gasteiger partial charge in [0.25, 0.3) is 0 Å². The van der Waals surface area contributed by atoms with Crippen LogP contribution in [0.3, 0.4) is 0 Å². The van der Waals surface area contributed by atoms with Crippen LogP contribution in [0.2, 0.25) is 0 Å². The fraction of sp³-hybridized carbons (Fsp3) is 0.0714. The minimum atomic E-state index is -0.926. The Balaban J connectivity index is 2.10. The fourth-order valence-electron chi connectivity index (χ4n) is 1.46. The minimum Gasteiger partial charge on any atom is -0.207 e. The molecule has 2 aromatic carbocycles. The summed E-state index contributed by atoms with van der Waals surface area (Å²) in [7, 11) is 0. The van der Waals surface area contributed by atoms with Crippen molar-refractivity contribution in [2.45, 2.75) is 10.6 Å². The molecule has 2 aromatic rings. The lowest BCUT2D eigenvalue weighted by Crippen LogP contribution is -1.90. The quantitative estimate of drug-likeness (QED) is 0.783. The minimum absolute atomic E-state index is 0.249. The lowest BCUT2D eigenvalue weighted by Gasteiger charge is -2.04. The SMILES string of the molecule is N#Cc1ccc(CSc2ccc(F)c(F)c2)c(F)c1. The molecule has 0 aliphatic carbocycles. The Bertz CT molecular complexity index is 650. The van der Waals surface area contributed by atoms with Crippen molar-refractivity contribution in [3.8, 4) is 6.07 Å². The van der Waals surface area contributed by atoms with Crippen molar-refractivity contribution in [3.05, 3.63) is 65.0 Å². The van der Waals surface area contributed by atoms with Crippen LogP contribution in [0.15, 0.2) is 41.3 Å². The predicted octanol–water partition coefficient (Wildman–Crippen LogP) is 4.27.